The number of amides is 1. The lowest BCUT2D eigenvalue weighted by atomic mass is 10.2. The normalized spacial score (nSPS) is 15.7. The van der Waals surface area contributed by atoms with Crippen molar-refractivity contribution in [3.63, 3.8) is 0 Å². The highest BCUT2D eigenvalue weighted by Crippen LogP contribution is 2.17. The molecule has 5 heteroatoms. The van der Waals surface area contributed by atoms with Crippen molar-refractivity contribution in [2.75, 3.05) is 37.7 Å². The quantitative estimate of drug-likeness (QED) is 0.808. The molecule has 1 aromatic rings. The predicted octanol–water partition coefficient (Wildman–Crippen LogP) is 2.10. The van der Waals surface area contributed by atoms with Crippen LogP contribution in [0.15, 0.2) is 24.3 Å². The molecule has 0 bridgehead atoms. The number of ether oxygens (including phenoxy) is 1. The molecule has 0 spiro atoms. The number of benzene rings is 1. The molecule has 1 fully saturated rings. The third-order valence-corrected chi connectivity index (χ3v) is 3.00. The fourth-order valence-corrected chi connectivity index (χ4v) is 2.01. The maximum atomic E-state index is 12.8. The Labute approximate surface area is 106 Å². The molecule has 0 unspecified atom stereocenters. The molecule has 98 valence electrons. The van der Waals surface area contributed by atoms with E-state index in [1.165, 1.54) is 12.1 Å². The average Bonchev–Trinajstić information content (AvgIpc) is 2.40. The van der Waals surface area contributed by atoms with Crippen LogP contribution in [0.3, 0.4) is 0 Å². The SMILES string of the molecule is CCOC(=O)N1CCN(c2ccc(F)cc2)CC1. The second kappa shape index (κ2) is 5.71. The molecule has 0 radical (unpaired) electrons. The Morgan fingerprint density at radius 2 is 1.83 bits per heavy atom. The van der Waals surface area contributed by atoms with Gasteiger partial charge in [0.05, 0.1) is 6.61 Å². The highest BCUT2D eigenvalue weighted by Gasteiger charge is 2.21. The summed E-state index contributed by atoms with van der Waals surface area (Å²) >= 11 is 0. The summed E-state index contributed by atoms with van der Waals surface area (Å²) in [4.78, 5) is 15.4. The van der Waals surface area contributed by atoms with Gasteiger partial charge < -0.3 is 14.5 Å². The largest absolute Gasteiger partial charge is 0.450 e. The monoisotopic (exact) mass is 252 g/mol. The van der Waals surface area contributed by atoms with Crippen molar-refractivity contribution >= 4 is 11.8 Å². The van der Waals surface area contributed by atoms with Crippen molar-refractivity contribution < 1.29 is 13.9 Å². The Kier molecular flexibility index (Phi) is 4.02. The van der Waals surface area contributed by atoms with E-state index in [9.17, 15) is 9.18 Å². The van der Waals surface area contributed by atoms with E-state index in [-0.39, 0.29) is 11.9 Å². The molecule has 0 atom stereocenters. The molecule has 1 aromatic carbocycles. The van der Waals surface area contributed by atoms with Crippen LogP contribution in [0.2, 0.25) is 0 Å². The van der Waals surface area contributed by atoms with Gasteiger partial charge >= 0.3 is 6.09 Å². The van der Waals surface area contributed by atoms with Crippen molar-refractivity contribution in [1.82, 2.24) is 4.90 Å². The first-order valence-electron chi connectivity index (χ1n) is 6.13. The van der Waals surface area contributed by atoms with Gasteiger partial charge in [0, 0.05) is 31.9 Å². The van der Waals surface area contributed by atoms with Gasteiger partial charge in [-0.2, -0.15) is 0 Å². The first kappa shape index (κ1) is 12.7. The van der Waals surface area contributed by atoms with E-state index in [1.807, 2.05) is 0 Å². The molecule has 0 N–H and O–H groups in total. The van der Waals surface area contributed by atoms with Crippen molar-refractivity contribution in [2.24, 2.45) is 0 Å². The number of carbonyl (C=O) groups excluding carboxylic acids is 1. The molecule has 1 aliphatic rings. The molecule has 0 aliphatic carbocycles. The van der Waals surface area contributed by atoms with Gasteiger partial charge in [-0.05, 0) is 31.2 Å². The van der Waals surface area contributed by atoms with Gasteiger partial charge in [0.15, 0.2) is 0 Å². The lowest BCUT2D eigenvalue weighted by Crippen LogP contribution is -2.49. The minimum Gasteiger partial charge on any atom is -0.450 e. The van der Waals surface area contributed by atoms with Gasteiger partial charge in [-0.15, -0.1) is 0 Å². The molecular weight excluding hydrogens is 235 g/mol. The number of piperazine rings is 1. The van der Waals surface area contributed by atoms with E-state index in [4.69, 9.17) is 4.74 Å². The summed E-state index contributed by atoms with van der Waals surface area (Å²) in [5, 5.41) is 0. The molecule has 18 heavy (non-hydrogen) atoms. The highest BCUT2D eigenvalue weighted by atomic mass is 19.1. The number of rotatable bonds is 2. The summed E-state index contributed by atoms with van der Waals surface area (Å²) in [6.45, 7) is 4.95. The molecule has 1 amide bonds. The zero-order valence-electron chi connectivity index (χ0n) is 10.4. The molecule has 1 heterocycles. The Morgan fingerprint density at radius 3 is 2.39 bits per heavy atom. The Balaban J connectivity index is 1.90. The topological polar surface area (TPSA) is 32.8 Å². The van der Waals surface area contributed by atoms with E-state index in [1.54, 1.807) is 24.0 Å². The van der Waals surface area contributed by atoms with Gasteiger partial charge in [-0.3, -0.25) is 0 Å². The molecule has 1 saturated heterocycles. The lowest BCUT2D eigenvalue weighted by Gasteiger charge is -2.35. The van der Waals surface area contributed by atoms with Crippen LogP contribution >= 0.6 is 0 Å². The van der Waals surface area contributed by atoms with Gasteiger partial charge in [0.2, 0.25) is 0 Å². The summed E-state index contributed by atoms with van der Waals surface area (Å²) in [6.07, 6.45) is -0.253. The number of halogens is 1. The summed E-state index contributed by atoms with van der Waals surface area (Å²) in [5.41, 5.74) is 0.986. The van der Waals surface area contributed by atoms with E-state index in [0.717, 1.165) is 18.8 Å². The van der Waals surface area contributed by atoms with E-state index in [0.29, 0.717) is 19.7 Å². The number of hydrogen-bond donors (Lipinski definition) is 0. The number of nitrogens with zero attached hydrogens (tertiary/aromatic N) is 2. The van der Waals surface area contributed by atoms with E-state index < -0.39 is 0 Å². The van der Waals surface area contributed by atoms with Crippen molar-refractivity contribution in [1.29, 1.82) is 0 Å². The van der Waals surface area contributed by atoms with Crippen LogP contribution in [-0.4, -0.2) is 43.8 Å². The Bertz CT molecular complexity index is 400. The second-order valence-corrected chi connectivity index (χ2v) is 4.15. The fraction of sp³-hybridized carbons (Fsp3) is 0.462. The van der Waals surface area contributed by atoms with Crippen LogP contribution in [0.25, 0.3) is 0 Å². The Hall–Kier alpha value is -1.78. The van der Waals surface area contributed by atoms with Gasteiger partial charge in [0.25, 0.3) is 0 Å². The maximum Gasteiger partial charge on any atom is 0.409 e. The fourth-order valence-electron chi connectivity index (χ4n) is 2.01. The Morgan fingerprint density at radius 1 is 1.22 bits per heavy atom. The molecular formula is C13H17FN2O2. The van der Waals surface area contributed by atoms with E-state index in [2.05, 4.69) is 4.90 Å². The molecule has 2 rings (SSSR count). The van der Waals surface area contributed by atoms with Crippen molar-refractivity contribution in [3.05, 3.63) is 30.1 Å². The smallest absolute Gasteiger partial charge is 0.409 e. The van der Waals surface area contributed by atoms with Crippen LogP contribution in [0.1, 0.15) is 6.92 Å². The number of carbonyl (C=O) groups is 1. The zero-order chi connectivity index (χ0) is 13.0. The standard InChI is InChI=1S/C13H17FN2O2/c1-2-18-13(17)16-9-7-15(8-10-16)12-5-3-11(14)4-6-12/h3-6H,2,7-10H2,1H3. The van der Waals surface area contributed by atoms with Crippen LogP contribution < -0.4 is 4.90 Å². The summed E-state index contributed by atoms with van der Waals surface area (Å²) in [5.74, 6) is -0.232. The lowest BCUT2D eigenvalue weighted by molar-refractivity contribution is 0.105. The first-order chi connectivity index (χ1) is 8.70. The van der Waals surface area contributed by atoms with Gasteiger partial charge in [-0.1, -0.05) is 0 Å². The molecule has 4 nitrogen and oxygen atoms in total. The van der Waals surface area contributed by atoms with Crippen LogP contribution in [0.5, 0.6) is 0 Å². The number of anilines is 1. The van der Waals surface area contributed by atoms with E-state index >= 15 is 0 Å². The van der Waals surface area contributed by atoms with Crippen molar-refractivity contribution in [2.45, 2.75) is 6.92 Å². The van der Waals surface area contributed by atoms with Crippen LogP contribution in [0.4, 0.5) is 14.9 Å². The van der Waals surface area contributed by atoms with Gasteiger partial charge in [0.1, 0.15) is 5.82 Å². The average molecular weight is 252 g/mol. The minimum atomic E-state index is -0.253. The maximum absolute atomic E-state index is 12.8. The summed E-state index contributed by atoms with van der Waals surface area (Å²) < 4.78 is 17.8. The minimum absolute atomic E-state index is 0.232. The third-order valence-electron chi connectivity index (χ3n) is 3.00. The molecule has 0 saturated carbocycles. The predicted molar refractivity (Wildman–Crippen MR) is 67.2 cm³/mol. The zero-order valence-corrected chi connectivity index (χ0v) is 10.4. The molecule has 0 aromatic heterocycles. The molecule has 1 aliphatic heterocycles. The van der Waals surface area contributed by atoms with Crippen LogP contribution in [-0.2, 0) is 4.74 Å². The summed E-state index contributed by atoms with van der Waals surface area (Å²) in [7, 11) is 0. The van der Waals surface area contributed by atoms with Gasteiger partial charge in [-0.25, -0.2) is 9.18 Å². The first-order valence-corrected chi connectivity index (χ1v) is 6.13. The second-order valence-electron chi connectivity index (χ2n) is 4.15. The third kappa shape index (κ3) is 2.91. The van der Waals surface area contributed by atoms with Crippen LogP contribution in [0, 0.1) is 5.82 Å². The number of hydrogen-bond acceptors (Lipinski definition) is 3. The summed E-state index contributed by atoms with van der Waals surface area (Å²) in [6, 6.07) is 6.42. The highest BCUT2D eigenvalue weighted by molar-refractivity contribution is 5.68. The van der Waals surface area contributed by atoms with Crippen molar-refractivity contribution in [3.8, 4) is 0 Å².